The van der Waals surface area contributed by atoms with E-state index < -0.39 is 0 Å². The molecule has 0 aromatic heterocycles. The van der Waals surface area contributed by atoms with Crippen molar-refractivity contribution in [1.29, 1.82) is 0 Å². The molecule has 0 radical (unpaired) electrons. The Hall–Kier alpha value is -1.35. The molecular weight excluding hydrogens is 226 g/mol. The van der Waals surface area contributed by atoms with Gasteiger partial charge in [0.15, 0.2) is 0 Å². The Labute approximate surface area is 109 Å². The molecular formula is C15H21NO2. The molecule has 0 spiro atoms. The van der Waals surface area contributed by atoms with Gasteiger partial charge in [-0.25, -0.2) is 4.79 Å². The lowest BCUT2D eigenvalue weighted by Crippen LogP contribution is -2.37. The van der Waals surface area contributed by atoms with Crippen LogP contribution in [0, 0.1) is 0 Å². The summed E-state index contributed by atoms with van der Waals surface area (Å²) in [6.07, 6.45) is 4.34. The third-order valence-corrected chi connectivity index (χ3v) is 3.61. The first-order chi connectivity index (χ1) is 8.66. The molecule has 1 aromatic carbocycles. The minimum Gasteiger partial charge on any atom is -0.459 e. The fraction of sp³-hybridized carbons (Fsp3) is 0.533. The van der Waals surface area contributed by atoms with E-state index in [4.69, 9.17) is 4.74 Å². The first-order valence-electron chi connectivity index (χ1n) is 6.59. The predicted molar refractivity (Wildman–Crippen MR) is 71.6 cm³/mol. The highest BCUT2D eigenvalue weighted by molar-refractivity contribution is 5.89. The second kappa shape index (κ2) is 6.01. The zero-order valence-electron chi connectivity index (χ0n) is 11.1. The zero-order valence-corrected chi connectivity index (χ0v) is 11.1. The van der Waals surface area contributed by atoms with E-state index >= 15 is 0 Å². The Bertz CT molecular complexity index is 389. The van der Waals surface area contributed by atoms with E-state index in [2.05, 4.69) is 19.0 Å². The molecule has 0 heterocycles. The first kappa shape index (κ1) is 13.1. The highest BCUT2D eigenvalue weighted by atomic mass is 16.5. The van der Waals surface area contributed by atoms with E-state index in [1.165, 1.54) is 6.42 Å². The first-order valence-corrected chi connectivity index (χ1v) is 6.59. The Kier molecular flexibility index (Phi) is 4.37. The van der Waals surface area contributed by atoms with Crippen molar-refractivity contribution in [2.75, 3.05) is 14.1 Å². The van der Waals surface area contributed by atoms with Gasteiger partial charge in [0.05, 0.1) is 5.56 Å². The van der Waals surface area contributed by atoms with Crippen LogP contribution in [0.25, 0.3) is 0 Å². The van der Waals surface area contributed by atoms with Crippen LogP contribution in [0.1, 0.15) is 36.0 Å². The van der Waals surface area contributed by atoms with E-state index in [0.717, 1.165) is 19.3 Å². The van der Waals surface area contributed by atoms with Crippen molar-refractivity contribution in [1.82, 2.24) is 4.90 Å². The summed E-state index contributed by atoms with van der Waals surface area (Å²) in [6.45, 7) is 0. The molecule has 1 aliphatic carbocycles. The largest absolute Gasteiger partial charge is 0.459 e. The Morgan fingerprint density at radius 2 is 1.94 bits per heavy atom. The van der Waals surface area contributed by atoms with Gasteiger partial charge in [0.2, 0.25) is 0 Å². The molecule has 0 saturated heterocycles. The number of rotatable bonds is 3. The molecule has 1 aromatic rings. The van der Waals surface area contributed by atoms with Gasteiger partial charge in [-0.2, -0.15) is 0 Å². The Balaban J connectivity index is 1.91. The van der Waals surface area contributed by atoms with Crippen LogP contribution in [0.2, 0.25) is 0 Å². The molecule has 2 rings (SSSR count). The second-order valence-electron chi connectivity index (χ2n) is 5.18. The van der Waals surface area contributed by atoms with Gasteiger partial charge in [0, 0.05) is 6.04 Å². The summed E-state index contributed by atoms with van der Waals surface area (Å²) >= 11 is 0. The predicted octanol–water partition coefficient (Wildman–Crippen LogP) is 2.72. The van der Waals surface area contributed by atoms with E-state index in [1.807, 2.05) is 18.2 Å². The number of benzene rings is 1. The lowest BCUT2D eigenvalue weighted by molar-refractivity contribution is 0.0107. The van der Waals surface area contributed by atoms with Gasteiger partial charge in [0.1, 0.15) is 6.10 Å². The molecule has 1 aliphatic rings. The lowest BCUT2D eigenvalue weighted by Gasteiger charge is -2.32. The molecule has 98 valence electrons. The third kappa shape index (κ3) is 3.33. The normalized spacial score (nSPS) is 23.9. The van der Waals surface area contributed by atoms with Crippen molar-refractivity contribution < 1.29 is 9.53 Å². The van der Waals surface area contributed by atoms with E-state index in [-0.39, 0.29) is 12.1 Å². The molecule has 0 bridgehead atoms. The summed E-state index contributed by atoms with van der Waals surface area (Å²) in [6, 6.07) is 9.76. The van der Waals surface area contributed by atoms with Gasteiger partial charge in [-0.3, -0.25) is 0 Å². The van der Waals surface area contributed by atoms with Crippen molar-refractivity contribution >= 4 is 5.97 Å². The van der Waals surface area contributed by atoms with Crippen LogP contribution in [0.3, 0.4) is 0 Å². The van der Waals surface area contributed by atoms with Crippen LogP contribution in [-0.2, 0) is 4.74 Å². The number of esters is 1. The number of nitrogens with zero attached hydrogens (tertiary/aromatic N) is 1. The maximum atomic E-state index is 12.0. The molecule has 0 N–H and O–H groups in total. The average molecular weight is 247 g/mol. The topological polar surface area (TPSA) is 29.5 Å². The van der Waals surface area contributed by atoms with Gasteiger partial charge in [-0.15, -0.1) is 0 Å². The summed E-state index contributed by atoms with van der Waals surface area (Å²) in [4.78, 5) is 14.2. The molecule has 3 heteroatoms. The van der Waals surface area contributed by atoms with E-state index in [9.17, 15) is 4.79 Å². The van der Waals surface area contributed by atoms with Crippen molar-refractivity contribution in [2.24, 2.45) is 0 Å². The average Bonchev–Trinajstić information content (AvgIpc) is 2.40. The maximum Gasteiger partial charge on any atom is 0.338 e. The summed E-state index contributed by atoms with van der Waals surface area (Å²) in [5, 5.41) is 0. The number of hydrogen-bond donors (Lipinski definition) is 0. The van der Waals surface area contributed by atoms with Crippen LogP contribution in [0.5, 0.6) is 0 Å². The van der Waals surface area contributed by atoms with E-state index in [1.54, 1.807) is 12.1 Å². The minimum atomic E-state index is -0.194. The number of carbonyl (C=O) groups is 1. The SMILES string of the molecule is CN(C)[C@H]1CCC[C@@H](OC(=O)c2ccccc2)C1. The van der Waals surface area contributed by atoms with Crippen LogP contribution >= 0.6 is 0 Å². The maximum absolute atomic E-state index is 12.0. The smallest absolute Gasteiger partial charge is 0.338 e. The van der Waals surface area contributed by atoms with Crippen molar-refractivity contribution in [2.45, 2.75) is 37.8 Å². The molecule has 1 fully saturated rings. The molecule has 2 atom stereocenters. The van der Waals surface area contributed by atoms with Crippen molar-refractivity contribution in [3.63, 3.8) is 0 Å². The summed E-state index contributed by atoms with van der Waals surface area (Å²) in [5.74, 6) is -0.194. The van der Waals surface area contributed by atoms with Gasteiger partial charge in [-0.05, 0) is 51.9 Å². The van der Waals surface area contributed by atoms with Crippen LogP contribution in [0.4, 0.5) is 0 Å². The molecule has 18 heavy (non-hydrogen) atoms. The monoisotopic (exact) mass is 247 g/mol. The highest BCUT2D eigenvalue weighted by Gasteiger charge is 2.26. The summed E-state index contributed by atoms with van der Waals surface area (Å²) in [7, 11) is 4.18. The highest BCUT2D eigenvalue weighted by Crippen LogP contribution is 2.24. The minimum absolute atomic E-state index is 0.0684. The second-order valence-corrected chi connectivity index (χ2v) is 5.18. The van der Waals surface area contributed by atoms with Crippen molar-refractivity contribution in [3.05, 3.63) is 35.9 Å². The summed E-state index contributed by atoms with van der Waals surface area (Å²) < 4.78 is 5.59. The molecule has 1 saturated carbocycles. The molecule has 3 nitrogen and oxygen atoms in total. The molecule has 0 unspecified atom stereocenters. The standard InChI is InChI=1S/C15H21NO2/c1-16(2)13-9-6-10-14(11-13)18-15(17)12-7-4-3-5-8-12/h3-5,7-8,13-14H,6,9-11H2,1-2H3/t13-,14+/m0/s1. The van der Waals surface area contributed by atoms with Gasteiger partial charge in [-0.1, -0.05) is 18.2 Å². The number of hydrogen-bond acceptors (Lipinski definition) is 3. The van der Waals surface area contributed by atoms with Gasteiger partial charge >= 0.3 is 5.97 Å². The molecule has 0 aliphatic heterocycles. The van der Waals surface area contributed by atoms with Gasteiger partial charge < -0.3 is 9.64 Å². The van der Waals surface area contributed by atoms with Crippen molar-refractivity contribution in [3.8, 4) is 0 Å². The fourth-order valence-corrected chi connectivity index (χ4v) is 2.49. The molecule has 0 amide bonds. The number of carbonyl (C=O) groups excluding carboxylic acids is 1. The third-order valence-electron chi connectivity index (χ3n) is 3.61. The van der Waals surface area contributed by atoms with Crippen LogP contribution in [-0.4, -0.2) is 37.1 Å². The van der Waals surface area contributed by atoms with E-state index in [0.29, 0.717) is 11.6 Å². The Morgan fingerprint density at radius 1 is 1.22 bits per heavy atom. The zero-order chi connectivity index (χ0) is 13.0. The quantitative estimate of drug-likeness (QED) is 0.769. The van der Waals surface area contributed by atoms with Gasteiger partial charge in [0.25, 0.3) is 0 Å². The van der Waals surface area contributed by atoms with Crippen LogP contribution in [0.15, 0.2) is 30.3 Å². The van der Waals surface area contributed by atoms with Crippen LogP contribution < -0.4 is 0 Å². The fourth-order valence-electron chi connectivity index (χ4n) is 2.49. The summed E-state index contributed by atoms with van der Waals surface area (Å²) in [5.41, 5.74) is 0.643. The Morgan fingerprint density at radius 3 is 2.61 bits per heavy atom. The lowest BCUT2D eigenvalue weighted by atomic mass is 9.92. The number of ether oxygens (including phenoxy) is 1.